The van der Waals surface area contributed by atoms with Crippen LogP contribution in [0.4, 0.5) is 0 Å². The molecule has 0 bridgehead atoms. The van der Waals surface area contributed by atoms with Crippen molar-refractivity contribution in [2.24, 2.45) is 23.7 Å². The summed E-state index contributed by atoms with van der Waals surface area (Å²) < 4.78 is 5.84. The van der Waals surface area contributed by atoms with E-state index in [-0.39, 0.29) is 42.5 Å². The van der Waals surface area contributed by atoms with Crippen LogP contribution < -0.4 is 0 Å². The number of carboxylic acids is 1. The highest BCUT2D eigenvalue weighted by atomic mass is 16.5. The maximum Gasteiger partial charge on any atom is 0.308 e. The van der Waals surface area contributed by atoms with Crippen LogP contribution in [0.15, 0.2) is 23.8 Å². The Morgan fingerprint density at radius 2 is 1.97 bits per heavy atom. The van der Waals surface area contributed by atoms with Gasteiger partial charge >= 0.3 is 11.9 Å². The average molecular weight is 425 g/mol. The molecule has 0 aliphatic heterocycles. The topological polar surface area (TPSA) is 124 Å². The normalized spacial score (nSPS) is 31.3. The molecule has 0 amide bonds. The van der Waals surface area contributed by atoms with Gasteiger partial charge in [0, 0.05) is 12.3 Å². The van der Waals surface area contributed by atoms with Gasteiger partial charge in [-0.3, -0.25) is 9.59 Å². The molecular formula is C23H36O7. The SMILES string of the molecule is CC[C@@H](C)C(=O)O[C@@H]1C[C@@H](O)C=C2C=C[C@@H](C)[C@@H](CC[C@H](O)C[C@H](O)CC(=O)O)[C@@H]21. The van der Waals surface area contributed by atoms with Crippen molar-refractivity contribution in [2.45, 2.75) is 83.7 Å². The second kappa shape index (κ2) is 11.1. The third-order valence-electron chi connectivity index (χ3n) is 6.44. The van der Waals surface area contributed by atoms with Gasteiger partial charge in [0.15, 0.2) is 0 Å². The van der Waals surface area contributed by atoms with E-state index in [1.54, 1.807) is 0 Å². The molecule has 2 aliphatic carbocycles. The van der Waals surface area contributed by atoms with Crippen LogP contribution in [0.3, 0.4) is 0 Å². The van der Waals surface area contributed by atoms with E-state index in [4.69, 9.17) is 9.84 Å². The number of carboxylic acid groups (broad SMARTS) is 1. The van der Waals surface area contributed by atoms with Gasteiger partial charge in [0.25, 0.3) is 0 Å². The van der Waals surface area contributed by atoms with Crippen molar-refractivity contribution in [3.63, 3.8) is 0 Å². The van der Waals surface area contributed by atoms with E-state index < -0.39 is 30.4 Å². The van der Waals surface area contributed by atoms with Gasteiger partial charge in [-0.05, 0) is 43.1 Å². The molecule has 0 radical (unpaired) electrons. The molecule has 0 aromatic heterocycles. The van der Waals surface area contributed by atoms with Crippen LogP contribution in [0, 0.1) is 23.7 Å². The standard InChI is InChI=1S/C23H36O7/c1-4-13(2)23(29)30-20-11-17(25)9-15-6-5-14(3)19(22(15)20)8-7-16(24)10-18(26)12-21(27)28/h5-6,9,13-14,16-20,22,24-26H,4,7-8,10-12H2,1-3H3,(H,27,28)/t13-,14-,16+,17+,18+,19-,20-,22-/m1/s1. The lowest BCUT2D eigenvalue weighted by atomic mass is 9.66. The number of ether oxygens (including phenoxy) is 1. The van der Waals surface area contributed by atoms with Crippen LogP contribution >= 0.6 is 0 Å². The Hall–Kier alpha value is -1.70. The third kappa shape index (κ3) is 6.65. The van der Waals surface area contributed by atoms with Crippen LogP contribution in [-0.2, 0) is 14.3 Å². The van der Waals surface area contributed by atoms with Crippen molar-refractivity contribution in [1.82, 2.24) is 0 Å². The first-order valence-electron chi connectivity index (χ1n) is 11.0. The molecule has 30 heavy (non-hydrogen) atoms. The summed E-state index contributed by atoms with van der Waals surface area (Å²) in [5, 5.41) is 39.1. The fourth-order valence-electron chi connectivity index (χ4n) is 4.52. The number of hydrogen-bond acceptors (Lipinski definition) is 6. The monoisotopic (exact) mass is 424 g/mol. The quantitative estimate of drug-likeness (QED) is 0.397. The maximum atomic E-state index is 12.4. The molecule has 170 valence electrons. The molecule has 0 unspecified atom stereocenters. The van der Waals surface area contributed by atoms with Gasteiger partial charge in [-0.2, -0.15) is 0 Å². The molecule has 7 nitrogen and oxygen atoms in total. The van der Waals surface area contributed by atoms with E-state index in [0.717, 1.165) is 5.57 Å². The molecule has 2 aliphatic rings. The number of allylic oxidation sites excluding steroid dienone is 2. The Kier molecular flexibility index (Phi) is 9.07. The molecular weight excluding hydrogens is 388 g/mol. The van der Waals surface area contributed by atoms with E-state index in [1.165, 1.54) is 0 Å². The number of aliphatic hydroxyl groups is 3. The summed E-state index contributed by atoms with van der Waals surface area (Å²) >= 11 is 0. The summed E-state index contributed by atoms with van der Waals surface area (Å²) in [6.45, 7) is 5.85. The molecule has 7 heteroatoms. The predicted octanol–water partition coefficient (Wildman–Crippen LogP) is 2.44. The van der Waals surface area contributed by atoms with Crippen LogP contribution in [0.2, 0.25) is 0 Å². The van der Waals surface area contributed by atoms with E-state index in [2.05, 4.69) is 13.0 Å². The predicted molar refractivity (Wildman–Crippen MR) is 111 cm³/mol. The summed E-state index contributed by atoms with van der Waals surface area (Å²) in [5.41, 5.74) is 0.958. The number of rotatable bonds is 10. The van der Waals surface area contributed by atoms with Gasteiger partial charge in [-0.1, -0.05) is 39.0 Å². The highest BCUT2D eigenvalue weighted by Crippen LogP contribution is 2.44. The summed E-state index contributed by atoms with van der Waals surface area (Å²) in [6.07, 6.45) is 4.64. The first-order chi connectivity index (χ1) is 14.1. The lowest BCUT2D eigenvalue weighted by molar-refractivity contribution is -0.159. The molecule has 0 fully saturated rings. The Morgan fingerprint density at radius 1 is 1.27 bits per heavy atom. The number of esters is 1. The van der Waals surface area contributed by atoms with Crippen molar-refractivity contribution in [3.8, 4) is 0 Å². The van der Waals surface area contributed by atoms with Crippen molar-refractivity contribution >= 4 is 11.9 Å². The molecule has 0 saturated heterocycles. The van der Waals surface area contributed by atoms with Crippen molar-refractivity contribution in [2.75, 3.05) is 0 Å². The Labute approximate surface area is 178 Å². The van der Waals surface area contributed by atoms with Crippen LogP contribution in [0.25, 0.3) is 0 Å². The molecule has 0 aromatic carbocycles. The average Bonchev–Trinajstić information content (AvgIpc) is 2.65. The smallest absolute Gasteiger partial charge is 0.308 e. The molecule has 0 aromatic rings. The van der Waals surface area contributed by atoms with Gasteiger partial charge in [0.1, 0.15) is 6.10 Å². The molecule has 0 saturated carbocycles. The van der Waals surface area contributed by atoms with Crippen molar-refractivity contribution in [1.29, 1.82) is 0 Å². The van der Waals surface area contributed by atoms with Crippen molar-refractivity contribution < 1.29 is 34.8 Å². The second-order valence-corrected chi connectivity index (χ2v) is 8.88. The van der Waals surface area contributed by atoms with Crippen LogP contribution in [0.1, 0.15) is 59.3 Å². The third-order valence-corrected chi connectivity index (χ3v) is 6.44. The number of hydrogen-bond donors (Lipinski definition) is 4. The maximum absolute atomic E-state index is 12.4. The summed E-state index contributed by atoms with van der Waals surface area (Å²) in [4.78, 5) is 23.1. The minimum absolute atomic E-state index is 0.0156. The lowest BCUT2D eigenvalue weighted by Gasteiger charge is -2.43. The zero-order chi connectivity index (χ0) is 22.4. The number of aliphatic carboxylic acids is 1. The molecule has 2 rings (SSSR count). The zero-order valence-corrected chi connectivity index (χ0v) is 18.1. The molecule has 0 heterocycles. The Balaban J connectivity index is 2.09. The van der Waals surface area contributed by atoms with Crippen LogP contribution in [-0.4, -0.2) is 56.8 Å². The minimum atomic E-state index is -1.10. The van der Waals surface area contributed by atoms with Gasteiger partial charge in [-0.25, -0.2) is 0 Å². The molecule has 4 N–H and O–H groups in total. The van der Waals surface area contributed by atoms with E-state index in [9.17, 15) is 24.9 Å². The first-order valence-corrected chi connectivity index (χ1v) is 11.0. The van der Waals surface area contributed by atoms with Gasteiger partial charge in [-0.15, -0.1) is 0 Å². The summed E-state index contributed by atoms with van der Waals surface area (Å²) in [7, 11) is 0. The largest absolute Gasteiger partial charge is 0.481 e. The second-order valence-electron chi connectivity index (χ2n) is 8.88. The Bertz CT molecular complexity index is 656. The fraction of sp³-hybridized carbons (Fsp3) is 0.739. The summed E-state index contributed by atoms with van der Waals surface area (Å²) in [5.74, 6) is -1.31. The van der Waals surface area contributed by atoms with E-state index >= 15 is 0 Å². The molecule has 0 spiro atoms. The molecule has 8 atom stereocenters. The Morgan fingerprint density at radius 3 is 2.60 bits per heavy atom. The van der Waals surface area contributed by atoms with Crippen LogP contribution in [0.5, 0.6) is 0 Å². The van der Waals surface area contributed by atoms with Crippen molar-refractivity contribution in [3.05, 3.63) is 23.8 Å². The highest BCUT2D eigenvalue weighted by molar-refractivity contribution is 5.72. The van der Waals surface area contributed by atoms with E-state index in [0.29, 0.717) is 25.7 Å². The van der Waals surface area contributed by atoms with Gasteiger partial charge < -0.3 is 25.2 Å². The lowest BCUT2D eigenvalue weighted by Crippen LogP contribution is -2.43. The highest BCUT2D eigenvalue weighted by Gasteiger charge is 2.42. The van der Waals surface area contributed by atoms with E-state index in [1.807, 2.05) is 26.0 Å². The number of carbonyl (C=O) groups is 2. The number of carbonyl (C=O) groups excluding carboxylic acids is 1. The zero-order valence-electron chi connectivity index (χ0n) is 18.1. The fourth-order valence-corrected chi connectivity index (χ4v) is 4.52. The first kappa shape index (κ1) is 24.6. The summed E-state index contributed by atoms with van der Waals surface area (Å²) in [6, 6.07) is 0. The van der Waals surface area contributed by atoms with Gasteiger partial charge in [0.2, 0.25) is 0 Å². The number of fused-ring (bicyclic) bond motifs is 1. The minimum Gasteiger partial charge on any atom is -0.481 e. The number of aliphatic hydroxyl groups excluding tert-OH is 3. The van der Waals surface area contributed by atoms with Gasteiger partial charge in [0.05, 0.1) is 30.7 Å².